The fourth-order valence-corrected chi connectivity index (χ4v) is 4.38. The van der Waals surface area contributed by atoms with Crippen LogP contribution in [0.5, 0.6) is 0 Å². The average molecular weight is 299 g/mol. The van der Waals surface area contributed by atoms with E-state index in [4.69, 9.17) is 0 Å². The fourth-order valence-electron chi connectivity index (χ4n) is 1.94. The van der Waals surface area contributed by atoms with E-state index in [0.29, 0.717) is 15.0 Å². The zero-order valence-electron chi connectivity index (χ0n) is 10.3. The molecule has 0 radical (unpaired) electrons. The van der Waals surface area contributed by atoms with Crippen molar-refractivity contribution in [2.45, 2.75) is 12.8 Å². The van der Waals surface area contributed by atoms with E-state index in [1.165, 1.54) is 22.9 Å². The first kappa shape index (κ1) is 11.8. The maximum absolute atomic E-state index is 2.41. The Hall–Kier alpha value is -1.30. The molecule has 0 unspecified atom stereocenters. The Bertz CT molecular complexity index is 524. The molecule has 0 amide bonds. The first-order valence-electron chi connectivity index (χ1n) is 6.41. The molecule has 0 aromatic heterocycles. The molecular weight excluding hydrogens is 283 g/mol. The van der Waals surface area contributed by atoms with E-state index in [2.05, 4.69) is 66.7 Å². The van der Waals surface area contributed by atoms with Gasteiger partial charge in [-0.25, -0.2) is 0 Å². The molecule has 0 bridgehead atoms. The summed E-state index contributed by atoms with van der Waals surface area (Å²) < 4.78 is 3.14. The molecule has 0 aliphatic heterocycles. The van der Waals surface area contributed by atoms with Crippen LogP contribution in [0.2, 0.25) is 0 Å². The van der Waals surface area contributed by atoms with Crippen LogP contribution in [0.3, 0.4) is 0 Å². The molecular formula is C17H16Se. The Labute approximate surface area is 115 Å². The Kier molecular flexibility index (Phi) is 3.64. The second-order valence-corrected chi connectivity index (χ2v) is 7.05. The van der Waals surface area contributed by atoms with Crippen molar-refractivity contribution in [1.82, 2.24) is 0 Å². The van der Waals surface area contributed by atoms with Crippen molar-refractivity contribution in [3.05, 3.63) is 70.7 Å². The van der Waals surface area contributed by atoms with Crippen molar-refractivity contribution >= 4 is 25.5 Å². The van der Waals surface area contributed by atoms with E-state index in [1.807, 2.05) is 0 Å². The first-order chi connectivity index (χ1) is 8.92. The van der Waals surface area contributed by atoms with Gasteiger partial charge >= 0.3 is 115 Å². The maximum atomic E-state index is 2.41. The molecule has 1 heteroatoms. The number of rotatable bonds is 4. The molecule has 0 atom stereocenters. The van der Waals surface area contributed by atoms with Crippen molar-refractivity contribution in [3.63, 3.8) is 0 Å². The summed E-state index contributed by atoms with van der Waals surface area (Å²) in [5.74, 6) is 0.852. The summed E-state index contributed by atoms with van der Waals surface area (Å²) in [6.45, 7) is 0. The summed E-state index contributed by atoms with van der Waals surface area (Å²) in [5.41, 5.74) is 1.34. The molecule has 0 spiro atoms. The number of hydrogen-bond acceptors (Lipinski definition) is 0. The predicted molar refractivity (Wildman–Crippen MR) is 79.0 cm³/mol. The van der Waals surface area contributed by atoms with Gasteiger partial charge in [0.25, 0.3) is 0 Å². The van der Waals surface area contributed by atoms with Crippen LogP contribution in [-0.2, 0) is 0 Å². The summed E-state index contributed by atoms with van der Waals surface area (Å²) in [6.07, 6.45) is 5.17. The van der Waals surface area contributed by atoms with Gasteiger partial charge in [0.15, 0.2) is 0 Å². The third kappa shape index (κ3) is 3.13. The van der Waals surface area contributed by atoms with Crippen molar-refractivity contribution in [1.29, 1.82) is 0 Å². The van der Waals surface area contributed by atoms with Gasteiger partial charge in [-0.05, 0) is 0 Å². The normalized spacial score (nSPS) is 15.7. The van der Waals surface area contributed by atoms with Gasteiger partial charge in [-0.3, -0.25) is 0 Å². The number of allylic oxidation sites excluding steroid dienone is 1. The van der Waals surface area contributed by atoms with Crippen molar-refractivity contribution < 1.29 is 0 Å². The fraction of sp³-hybridized carbons (Fsp3) is 0.176. The van der Waals surface area contributed by atoms with Gasteiger partial charge < -0.3 is 0 Å². The van der Waals surface area contributed by atoms with Gasteiger partial charge in [0, 0.05) is 0 Å². The van der Waals surface area contributed by atoms with Crippen LogP contribution in [0.4, 0.5) is 0 Å². The summed E-state index contributed by atoms with van der Waals surface area (Å²) in [5, 5.41) is 0. The topological polar surface area (TPSA) is 0 Å². The Balaban J connectivity index is 1.83. The van der Waals surface area contributed by atoms with E-state index in [-0.39, 0.29) is 0 Å². The van der Waals surface area contributed by atoms with E-state index < -0.39 is 0 Å². The van der Waals surface area contributed by atoms with Crippen LogP contribution in [0.25, 0.3) is 6.08 Å². The van der Waals surface area contributed by atoms with Crippen LogP contribution in [0.15, 0.2) is 65.1 Å². The van der Waals surface area contributed by atoms with Gasteiger partial charge in [-0.1, -0.05) is 0 Å². The third-order valence-corrected chi connectivity index (χ3v) is 5.57. The molecule has 2 aromatic rings. The third-order valence-electron chi connectivity index (χ3n) is 3.07. The monoisotopic (exact) mass is 300 g/mol. The van der Waals surface area contributed by atoms with Crippen LogP contribution >= 0.6 is 0 Å². The molecule has 90 valence electrons. The molecule has 1 fully saturated rings. The second-order valence-electron chi connectivity index (χ2n) is 4.65. The van der Waals surface area contributed by atoms with Gasteiger partial charge in [0.1, 0.15) is 0 Å². The quantitative estimate of drug-likeness (QED) is 0.758. The van der Waals surface area contributed by atoms with Crippen molar-refractivity contribution in [2.75, 3.05) is 0 Å². The number of hydrogen-bond donors (Lipinski definition) is 0. The summed E-state index contributed by atoms with van der Waals surface area (Å²) in [4.78, 5) is 0. The molecule has 1 aliphatic carbocycles. The van der Waals surface area contributed by atoms with E-state index in [0.717, 1.165) is 5.92 Å². The van der Waals surface area contributed by atoms with Crippen molar-refractivity contribution in [3.8, 4) is 0 Å². The molecule has 3 rings (SSSR count). The van der Waals surface area contributed by atoms with Gasteiger partial charge in [-0.2, -0.15) is 0 Å². The molecule has 0 heterocycles. The molecule has 2 aromatic carbocycles. The molecule has 0 nitrogen and oxygen atoms in total. The molecule has 1 aliphatic rings. The SMILES string of the molecule is C(=C(\[Se]c1ccccc1)C1CC1)/c1ccccc1. The zero-order chi connectivity index (χ0) is 12.2. The Morgan fingerprint density at radius 2 is 1.50 bits per heavy atom. The van der Waals surface area contributed by atoms with E-state index >= 15 is 0 Å². The van der Waals surface area contributed by atoms with E-state index in [9.17, 15) is 0 Å². The Morgan fingerprint density at radius 3 is 2.11 bits per heavy atom. The average Bonchev–Trinajstić information content (AvgIpc) is 3.25. The summed E-state index contributed by atoms with van der Waals surface area (Å²) in [7, 11) is 0. The standard InChI is InChI=1S/C17H16Se/c1-3-7-14(8-4-1)13-17(15-11-12-15)18-16-9-5-2-6-10-16/h1-10,13,15H,11-12H2/b17-13+. The second kappa shape index (κ2) is 5.56. The predicted octanol–water partition coefficient (Wildman–Crippen LogP) is 3.47. The van der Waals surface area contributed by atoms with Gasteiger partial charge in [-0.15, -0.1) is 0 Å². The van der Waals surface area contributed by atoms with Gasteiger partial charge in [0.05, 0.1) is 0 Å². The van der Waals surface area contributed by atoms with Gasteiger partial charge in [0.2, 0.25) is 0 Å². The molecule has 18 heavy (non-hydrogen) atoms. The van der Waals surface area contributed by atoms with Crippen LogP contribution in [0.1, 0.15) is 18.4 Å². The number of benzene rings is 2. The summed E-state index contributed by atoms with van der Waals surface area (Å²) in [6, 6.07) is 21.6. The minimum absolute atomic E-state index is 0.484. The zero-order valence-corrected chi connectivity index (χ0v) is 12.0. The Morgan fingerprint density at radius 1 is 0.889 bits per heavy atom. The molecule has 0 N–H and O–H groups in total. The van der Waals surface area contributed by atoms with E-state index in [1.54, 1.807) is 4.47 Å². The van der Waals surface area contributed by atoms with Crippen LogP contribution in [-0.4, -0.2) is 15.0 Å². The first-order valence-corrected chi connectivity index (χ1v) is 8.13. The van der Waals surface area contributed by atoms with Crippen LogP contribution < -0.4 is 4.46 Å². The molecule has 1 saturated carbocycles. The molecule has 0 saturated heterocycles. The summed E-state index contributed by atoms with van der Waals surface area (Å²) >= 11 is 0.484. The van der Waals surface area contributed by atoms with Crippen LogP contribution in [0, 0.1) is 5.92 Å². The van der Waals surface area contributed by atoms with Crippen molar-refractivity contribution in [2.24, 2.45) is 5.92 Å². The minimum atomic E-state index is 0.484.